The Bertz CT molecular complexity index is 633. The highest BCUT2D eigenvalue weighted by Crippen LogP contribution is 2.14. The van der Waals surface area contributed by atoms with Crippen LogP contribution in [0.5, 0.6) is 0 Å². The molecule has 1 aromatic carbocycles. The molecule has 0 aliphatic carbocycles. The number of benzene rings is 1. The van der Waals surface area contributed by atoms with Crippen molar-refractivity contribution < 1.29 is 0 Å². The highest BCUT2D eigenvalue weighted by molar-refractivity contribution is 5.81. The third-order valence-electron chi connectivity index (χ3n) is 2.54. The Hall–Kier alpha value is -2.55. The zero-order valence-corrected chi connectivity index (χ0v) is 10.1. The van der Waals surface area contributed by atoms with Crippen LogP contribution in [0.25, 0.3) is 23.2 Å². The summed E-state index contributed by atoms with van der Waals surface area (Å²) in [6.07, 6.45) is 8.94. The van der Waals surface area contributed by atoms with Gasteiger partial charge in [0.15, 0.2) is 0 Å². The predicted molar refractivity (Wildman–Crippen MR) is 77.0 cm³/mol. The highest BCUT2D eigenvalue weighted by Gasteiger charge is 1.93. The first kappa shape index (κ1) is 11.9. The number of hydrogen-bond acceptors (Lipinski definition) is 1. The van der Waals surface area contributed by atoms with E-state index >= 15 is 0 Å². The van der Waals surface area contributed by atoms with Crippen LogP contribution in [-0.4, -0.2) is 14.5 Å². The molecule has 3 nitrogen and oxygen atoms in total. The molecule has 0 saturated heterocycles. The van der Waals surface area contributed by atoms with Crippen LogP contribution in [0.3, 0.4) is 0 Å². The molecule has 18 heavy (non-hydrogen) atoms. The zero-order chi connectivity index (χ0) is 12.8. The van der Waals surface area contributed by atoms with Gasteiger partial charge in [-0.05, 0) is 23.6 Å². The van der Waals surface area contributed by atoms with Crippen LogP contribution in [-0.2, 0) is 0 Å². The lowest BCUT2D eigenvalue weighted by Crippen LogP contribution is -1.79. The summed E-state index contributed by atoms with van der Waals surface area (Å²) >= 11 is 0. The Kier molecular flexibility index (Phi) is 3.76. The molecule has 0 bridgehead atoms. The molecular weight excluding hydrogens is 222 g/mol. The second-order valence-electron chi connectivity index (χ2n) is 3.64. The maximum absolute atomic E-state index is 3.86. The number of hydrogen-bond donors (Lipinski definition) is 1. The van der Waals surface area contributed by atoms with Gasteiger partial charge in [-0.25, -0.2) is 4.98 Å². The van der Waals surface area contributed by atoms with E-state index in [0.717, 1.165) is 5.82 Å². The molecule has 0 saturated carbocycles. The van der Waals surface area contributed by atoms with Gasteiger partial charge in [-0.1, -0.05) is 31.4 Å². The predicted octanol–water partition coefficient (Wildman–Crippen LogP) is 3.79. The quantitative estimate of drug-likeness (QED) is 0.722. The van der Waals surface area contributed by atoms with E-state index in [4.69, 9.17) is 0 Å². The minimum absolute atomic E-state index is 0.819. The summed E-state index contributed by atoms with van der Waals surface area (Å²) in [6, 6.07) is 10.3. The molecule has 2 heterocycles. The fraction of sp³-hybridized carbons (Fsp3) is 0. The topological polar surface area (TPSA) is 33.6 Å². The van der Waals surface area contributed by atoms with Crippen molar-refractivity contribution in [3.8, 4) is 0 Å². The minimum atomic E-state index is 0.819. The summed E-state index contributed by atoms with van der Waals surface area (Å²) in [5, 5.41) is 1.26. The van der Waals surface area contributed by atoms with Crippen LogP contribution >= 0.6 is 0 Å². The highest BCUT2D eigenvalue weighted by atomic mass is 14.9. The van der Waals surface area contributed by atoms with Crippen molar-refractivity contribution in [2.75, 3.05) is 0 Å². The first-order valence-corrected chi connectivity index (χ1v) is 5.65. The van der Waals surface area contributed by atoms with E-state index in [9.17, 15) is 0 Å². The van der Waals surface area contributed by atoms with Crippen LogP contribution in [0.1, 0.15) is 5.82 Å². The first-order chi connectivity index (χ1) is 8.85. The summed E-state index contributed by atoms with van der Waals surface area (Å²) < 4.78 is 2.01. The maximum Gasteiger partial charge on any atom is 0.129 e. The van der Waals surface area contributed by atoms with Gasteiger partial charge in [0.05, 0.1) is 5.52 Å². The van der Waals surface area contributed by atoms with E-state index in [1.807, 2.05) is 29.1 Å². The number of H-pyrrole nitrogens is 1. The Morgan fingerprint density at radius 1 is 1.17 bits per heavy atom. The van der Waals surface area contributed by atoms with Gasteiger partial charge >= 0.3 is 0 Å². The second kappa shape index (κ2) is 5.68. The Labute approximate surface area is 106 Å². The molecule has 0 atom stereocenters. The number of para-hydroxylation sites is 1. The lowest BCUT2D eigenvalue weighted by molar-refractivity contribution is 1.23. The van der Waals surface area contributed by atoms with Gasteiger partial charge in [-0.2, -0.15) is 0 Å². The van der Waals surface area contributed by atoms with Crippen molar-refractivity contribution in [1.82, 2.24) is 14.5 Å². The maximum atomic E-state index is 3.86. The van der Waals surface area contributed by atoms with Crippen LogP contribution < -0.4 is 0 Å². The molecule has 0 aliphatic heterocycles. The smallest absolute Gasteiger partial charge is 0.129 e. The number of imidazole rings is 1. The van der Waals surface area contributed by atoms with E-state index < -0.39 is 0 Å². The Morgan fingerprint density at radius 2 is 2.00 bits per heavy atom. The molecule has 1 N–H and O–H groups in total. The van der Waals surface area contributed by atoms with Crippen LogP contribution in [0.4, 0.5) is 0 Å². The molecule has 90 valence electrons. The van der Waals surface area contributed by atoms with Crippen LogP contribution in [0.15, 0.2) is 62.1 Å². The number of nitrogens with zero attached hydrogens (tertiary/aromatic N) is 2. The molecule has 0 fully saturated rings. The zero-order valence-electron chi connectivity index (χ0n) is 10.1. The van der Waals surface area contributed by atoms with Crippen molar-refractivity contribution in [2.24, 2.45) is 0 Å². The standard InChI is InChI=1S/C10H9N.C5H6N2/c1-2-11-8-7-9-5-3-4-6-10(9)11;1-2-5-6-3-4-7-5/h2-8H,1H2;2-4H,1H2,(H,6,7). The first-order valence-electron chi connectivity index (χ1n) is 5.65. The van der Waals surface area contributed by atoms with Gasteiger partial charge in [0, 0.05) is 24.8 Å². The van der Waals surface area contributed by atoms with E-state index in [2.05, 4.69) is 41.3 Å². The van der Waals surface area contributed by atoms with Gasteiger partial charge in [-0.3, -0.25) is 0 Å². The number of nitrogens with one attached hydrogen (secondary N) is 1. The molecule has 0 spiro atoms. The number of aromatic nitrogens is 3. The summed E-state index contributed by atoms with van der Waals surface area (Å²) in [6.45, 7) is 7.23. The van der Waals surface area contributed by atoms with Crippen molar-refractivity contribution >= 4 is 23.2 Å². The lowest BCUT2D eigenvalue weighted by atomic mass is 10.2. The summed E-state index contributed by atoms with van der Waals surface area (Å²) in [5.74, 6) is 0.819. The van der Waals surface area contributed by atoms with Crippen molar-refractivity contribution in [1.29, 1.82) is 0 Å². The van der Waals surface area contributed by atoms with Crippen molar-refractivity contribution in [3.05, 3.63) is 67.9 Å². The molecule has 3 heteroatoms. The van der Waals surface area contributed by atoms with Crippen molar-refractivity contribution in [2.45, 2.75) is 0 Å². The van der Waals surface area contributed by atoms with Gasteiger partial charge in [0.1, 0.15) is 5.82 Å². The SMILES string of the molecule is C=Cc1ncc[nH]1.C=Cn1ccc2ccccc21. The van der Waals surface area contributed by atoms with Crippen LogP contribution in [0.2, 0.25) is 0 Å². The van der Waals surface area contributed by atoms with E-state index in [1.165, 1.54) is 10.9 Å². The number of fused-ring (bicyclic) bond motifs is 1. The third kappa shape index (κ3) is 2.58. The Balaban J connectivity index is 0.000000149. The van der Waals surface area contributed by atoms with Gasteiger partial charge in [0.25, 0.3) is 0 Å². The number of aromatic amines is 1. The van der Waals surface area contributed by atoms with Gasteiger partial charge in [0.2, 0.25) is 0 Å². The fourth-order valence-electron chi connectivity index (χ4n) is 1.65. The summed E-state index contributed by atoms with van der Waals surface area (Å²) in [5.41, 5.74) is 1.21. The van der Waals surface area contributed by atoms with E-state index in [0.29, 0.717) is 0 Å². The summed E-state index contributed by atoms with van der Waals surface area (Å²) in [7, 11) is 0. The molecule has 0 unspecified atom stereocenters. The minimum Gasteiger partial charge on any atom is -0.345 e. The summed E-state index contributed by atoms with van der Waals surface area (Å²) in [4.78, 5) is 6.72. The van der Waals surface area contributed by atoms with E-state index in [1.54, 1.807) is 18.5 Å². The van der Waals surface area contributed by atoms with Crippen molar-refractivity contribution in [3.63, 3.8) is 0 Å². The third-order valence-corrected chi connectivity index (χ3v) is 2.54. The molecule has 0 radical (unpaired) electrons. The Morgan fingerprint density at radius 3 is 2.61 bits per heavy atom. The van der Waals surface area contributed by atoms with Gasteiger partial charge < -0.3 is 9.55 Å². The van der Waals surface area contributed by atoms with Crippen LogP contribution in [0, 0.1) is 0 Å². The number of rotatable bonds is 2. The molecule has 0 aliphatic rings. The average Bonchev–Trinajstić information content (AvgIpc) is 3.08. The second-order valence-corrected chi connectivity index (χ2v) is 3.64. The monoisotopic (exact) mass is 237 g/mol. The molecule has 3 rings (SSSR count). The van der Waals surface area contributed by atoms with E-state index in [-0.39, 0.29) is 0 Å². The lowest BCUT2D eigenvalue weighted by Gasteiger charge is -1.94. The normalized spacial score (nSPS) is 9.56. The molecular formula is C15H15N3. The fourth-order valence-corrected chi connectivity index (χ4v) is 1.65. The average molecular weight is 237 g/mol. The van der Waals surface area contributed by atoms with Gasteiger partial charge in [-0.15, -0.1) is 0 Å². The molecule has 2 aromatic heterocycles. The molecule has 0 amide bonds. The largest absolute Gasteiger partial charge is 0.345 e. The molecule has 3 aromatic rings.